The Labute approximate surface area is 109 Å². The van der Waals surface area contributed by atoms with E-state index in [0.717, 1.165) is 18.4 Å². The molecule has 0 unspecified atom stereocenters. The summed E-state index contributed by atoms with van der Waals surface area (Å²) in [6.07, 6.45) is 1.52. The summed E-state index contributed by atoms with van der Waals surface area (Å²) < 4.78 is 5.17. The Balaban J connectivity index is 2.69. The van der Waals surface area contributed by atoms with E-state index in [4.69, 9.17) is 10.5 Å². The van der Waals surface area contributed by atoms with Gasteiger partial charge in [-0.2, -0.15) is 0 Å². The van der Waals surface area contributed by atoms with Crippen LogP contribution in [0.3, 0.4) is 0 Å². The van der Waals surface area contributed by atoms with Crippen molar-refractivity contribution < 1.29 is 9.53 Å². The van der Waals surface area contributed by atoms with Gasteiger partial charge in [-0.25, -0.2) is 4.79 Å². The monoisotopic (exact) mass is 250 g/mol. The number of rotatable bonds is 3. The van der Waals surface area contributed by atoms with Crippen molar-refractivity contribution in [3.05, 3.63) is 23.8 Å². The molecule has 1 aromatic rings. The minimum Gasteiger partial charge on any atom is -0.444 e. The van der Waals surface area contributed by atoms with E-state index in [0.29, 0.717) is 11.4 Å². The van der Waals surface area contributed by atoms with Gasteiger partial charge in [-0.3, -0.25) is 5.32 Å². The third-order valence-corrected chi connectivity index (χ3v) is 2.31. The molecule has 1 amide bonds. The van der Waals surface area contributed by atoms with Crippen molar-refractivity contribution in [2.24, 2.45) is 0 Å². The second kappa shape index (κ2) is 5.76. The number of nitrogens with two attached hydrogens (primary N) is 1. The van der Waals surface area contributed by atoms with E-state index in [-0.39, 0.29) is 0 Å². The Kier molecular flexibility index (Phi) is 4.59. The van der Waals surface area contributed by atoms with Gasteiger partial charge in [0.05, 0.1) is 0 Å². The molecule has 0 spiro atoms. The molecule has 18 heavy (non-hydrogen) atoms. The number of nitrogen functional groups attached to an aromatic ring is 1. The first-order valence-electron chi connectivity index (χ1n) is 6.20. The predicted molar refractivity (Wildman–Crippen MR) is 74.7 cm³/mol. The lowest BCUT2D eigenvalue weighted by atomic mass is 10.1. The van der Waals surface area contributed by atoms with Crippen LogP contribution in [0.1, 0.15) is 39.7 Å². The van der Waals surface area contributed by atoms with Gasteiger partial charge >= 0.3 is 6.09 Å². The molecule has 0 aliphatic rings. The van der Waals surface area contributed by atoms with Crippen LogP contribution in [-0.4, -0.2) is 11.7 Å². The summed E-state index contributed by atoms with van der Waals surface area (Å²) in [7, 11) is 0. The molecule has 0 saturated heterocycles. The molecule has 0 aliphatic heterocycles. The molecule has 100 valence electrons. The van der Waals surface area contributed by atoms with E-state index in [1.807, 2.05) is 32.9 Å². The van der Waals surface area contributed by atoms with Crippen molar-refractivity contribution in [2.45, 2.75) is 46.1 Å². The van der Waals surface area contributed by atoms with E-state index < -0.39 is 11.7 Å². The number of amides is 1. The molecule has 4 nitrogen and oxygen atoms in total. The van der Waals surface area contributed by atoms with Crippen molar-refractivity contribution in [3.63, 3.8) is 0 Å². The largest absolute Gasteiger partial charge is 0.444 e. The van der Waals surface area contributed by atoms with Crippen LogP contribution in [0.15, 0.2) is 18.2 Å². The molecule has 0 aliphatic carbocycles. The summed E-state index contributed by atoms with van der Waals surface area (Å²) in [6, 6.07) is 5.53. The molecule has 1 aromatic carbocycles. The average Bonchev–Trinajstić information content (AvgIpc) is 2.19. The normalized spacial score (nSPS) is 11.1. The van der Waals surface area contributed by atoms with E-state index >= 15 is 0 Å². The van der Waals surface area contributed by atoms with Crippen LogP contribution in [0, 0.1) is 0 Å². The molecule has 0 heterocycles. The number of benzene rings is 1. The predicted octanol–water partition coefficient (Wildman–Crippen LogP) is 3.57. The van der Waals surface area contributed by atoms with Crippen LogP contribution in [0.4, 0.5) is 16.2 Å². The highest BCUT2D eigenvalue weighted by Crippen LogP contribution is 2.20. The van der Waals surface area contributed by atoms with E-state index in [1.54, 1.807) is 6.07 Å². The van der Waals surface area contributed by atoms with Crippen LogP contribution < -0.4 is 11.1 Å². The highest BCUT2D eigenvalue weighted by Gasteiger charge is 2.16. The lowest BCUT2D eigenvalue weighted by molar-refractivity contribution is 0.0636. The van der Waals surface area contributed by atoms with Gasteiger partial charge < -0.3 is 10.5 Å². The molecule has 0 atom stereocenters. The average molecular weight is 250 g/mol. The molecular weight excluding hydrogens is 228 g/mol. The third kappa shape index (κ3) is 4.65. The minimum absolute atomic E-state index is 0.467. The Hall–Kier alpha value is -1.71. The summed E-state index contributed by atoms with van der Waals surface area (Å²) in [5, 5.41) is 2.67. The van der Waals surface area contributed by atoms with Crippen LogP contribution in [0.5, 0.6) is 0 Å². The standard InChI is InChI=1S/C14H22N2O2/c1-5-6-10-7-8-11(9-12(10)15)16-13(17)18-14(2,3)4/h7-9H,5-6,15H2,1-4H3,(H,16,17). The third-order valence-electron chi connectivity index (χ3n) is 2.31. The minimum atomic E-state index is -0.502. The molecule has 4 heteroatoms. The molecule has 0 radical (unpaired) electrons. The van der Waals surface area contributed by atoms with E-state index in [9.17, 15) is 4.79 Å². The maximum Gasteiger partial charge on any atom is 0.412 e. The maximum atomic E-state index is 11.6. The zero-order chi connectivity index (χ0) is 13.8. The Morgan fingerprint density at radius 3 is 2.56 bits per heavy atom. The van der Waals surface area contributed by atoms with Crippen LogP contribution >= 0.6 is 0 Å². The van der Waals surface area contributed by atoms with Gasteiger partial charge in [0, 0.05) is 11.4 Å². The number of hydrogen-bond donors (Lipinski definition) is 2. The number of aryl methyl sites for hydroxylation is 1. The fourth-order valence-corrected chi connectivity index (χ4v) is 1.59. The molecule has 0 fully saturated rings. The molecule has 0 saturated carbocycles. The van der Waals surface area contributed by atoms with Crippen molar-refractivity contribution in [3.8, 4) is 0 Å². The Morgan fingerprint density at radius 1 is 1.39 bits per heavy atom. The molecule has 3 N–H and O–H groups in total. The Morgan fingerprint density at radius 2 is 2.06 bits per heavy atom. The smallest absolute Gasteiger partial charge is 0.412 e. The van der Waals surface area contributed by atoms with Crippen molar-refractivity contribution in [2.75, 3.05) is 11.1 Å². The number of carbonyl (C=O) groups is 1. The van der Waals surface area contributed by atoms with Gasteiger partial charge in [-0.05, 0) is 44.9 Å². The van der Waals surface area contributed by atoms with Gasteiger partial charge in [0.15, 0.2) is 0 Å². The van der Waals surface area contributed by atoms with Crippen LogP contribution in [0.2, 0.25) is 0 Å². The van der Waals surface area contributed by atoms with Crippen molar-refractivity contribution in [1.82, 2.24) is 0 Å². The van der Waals surface area contributed by atoms with Crippen molar-refractivity contribution >= 4 is 17.5 Å². The van der Waals surface area contributed by atoms with Gasteiger partial charge in [0.1, 0.15) is 5.60 Å². The zero-order valence-electron chi connectivity index (χ0n) is 11.5. The zero-order valence-corrected chi connectivity index (χ0v) is 11.5. The summed E-state index contributed by atoms with van der Waals surface area (Å²) in [4.78, 5) is 11.6. The lowest BCUT2D eigenvalue weighted by Gasteiger charge is -2.19. The summed E-state index contributed by atoms with van der Waals surface area (Å²) in [5.74, 6) is 0. The molecule has 0 bridgehead atoms. The van der Waals surface area contributed by atoms with E-state index in [2.05, 4.69) is 12.2 Å². The second-order valence-corrected chi connectivity index (χ2v) is 5.29. The number of ether oxygens (including phenoxy) is 1. The SMILES string of the molecule is CCCc1ccc(NC(=O)OC(C)(C)C)cc1N. The molecule has 1 rings (SSSR count). The fourth-order valence-electron chi connectivity index (χ4n) is 1.59. The van der Waals surface area contributed by atoms with Gasteiger partial charge in [0.2, 0.25) is 0 Å². The number of hydrogen-bond acceptors (Lipinski definition) is 3. The van der Waals surface area contributed by atoms with Crippen LogP contribution in [-0.2, 0) is 11.2 Å². The topological polar surface area (TPSA) is 64.3 Å². The van der Waals surface area contributed by atoms with Crippen LogP contribution in [0.25, 0.3) is 0 Å². The first kappa shape index (κ1) is 14.4. The number of nitrogens with one attached hydrogen (secondary N) is 1. The summed E-state index contributed by atoms with van der Waals surface area (Å²) in [5.41, 5.74) is 7.87. The lowest BCUT2D eigenvalue weighted by Crippen LogP contribution is -2.27. The summed E-state index contributed by atoms with van der Waals surface area (Å²) in [6.45, 7) is 7.58. The fraction of sp³-hybridized carbons (Fsp3) is 0.500. The highest BCUT2D eigenvalue weighted by atomic mass is 16.6. The second-order valence-electron chi connectivity index (χ2n) is 5.29. The van der Waals surface area contributed by atoms with Gasteiger partial charge in [-0.1, -0.05) is 19.4 Å². The highest BCUT2D eigenvalue weighted by molar-refractivity contribution is 5.85. The quantitative estimate of drug-likeness (QED) is 0.806. The maximum absolute atomic E-state index is 11.6. The molecule has 0 aromatic heterocycles. The number of carbonyl (C=O) groups excluding carboxylic acids is 1. The first-order valence-corrected chi connectivity index (χ1v) is 6.20. The van der Waals surface area contributed by atoms with Gasteiger partial charge in [-0.15, -0.1) is 0 Å². The molecular formula is C14H22N2O2. The first-order chi connectivity index (χ1) is 8.31. The van der Waals surface area contributed by atoms with Crippen molar-refractivity contribution in [1.29, 1.82) is 0 Å². The Bertz CT molecular complexity index is 422. The van der Waals surface area contributed by atoms with E-state index in [1.165, 1.54) is 0 Å². The number of anilines is 2. The summed E-state index contributed by atoms with van der Waals surface area (Å²) >= 11 is 0. The van der Waals surface area contributed by atoms with Gasteiger partial charge in [0.25, 0.3) is 0 Å².